The van der Waals surface area contributed by atoms with Crippen LogP contribution in [0.2, 0.25) is 0 Å². The molecular formula is C11H25N3O3S. The summed E-state index contributed by atoms with van der Waals surface area (Å²) in [5.41, 5.74) is 5.31. The van der Waals surface area contributed by atoms with Crippen molar-refractivity contribution in [1.29, 1.82) is 5.41 Å². The Labute approximate surface area is 110 Å². The molecule has 0 rings (SSSR count). The van der Waals surface area contributed by atoms with Crippen molar-refractivity contribution < 1.29 is 13.2 Å². The maximum atomic E-state index is 11.6. The summed E-state index contributed by atoms with van der Waals surface area (Å²) in [6.07, 6.45) is 1.10. The summed E-state index contributed by atoms with van der Waals surface area (Å²) in [5, 5.41) is 7.19. The SMILES string of the molecule is CCCS(=O)(=O)CCN(CCOC)CCC(=N)N. The quantitative estimate of drug-likeness (QED) is 0.412. The Hall–Kier alpha value is -0.660. The third-order valence-corrected chi connectivity index (χ3v) is 4.38. The zero-order valence-electron chi connectivity index (χ0n) is 11.3. The van der Waals surface area contributed by atoms with Gasteiger partial charge in [0, 0.05) is 38.9 Å². The predicted octanol–water partition coefficient (Wildman–Crippen LogP) is 0.0857. The number of amidine groups is 1. The van der Waals surface area contributed by atoms with Crippen LogP contribution in [0.5, 0.6) is 0 Å². The fourth-order valence-corrected chi connectivity index (χ4v) is 2.88. The maximum Gasteiger partial charge on any atom is 0.151 e. The molecule has 0 aromatic rings. The van der Waals surface area contributed by atoms with Crippen LogP contribution in [-0.4, -0.2) is 64.0 Å². The van der Waals surface area contributed by atoms with Gasteiger partial charge in [-0.05, 0) is 6.42 Å². The van der Waals surface area contributed by atoms with E-state index in [0.717, 1.165) is 0 Å². The number of nitrogens with zero attached hydrogens (tertiary/aromatic N) is 1. The molecule has 0 spiro atoms. The predicted molar refractivity (Wildman–Crippen MR) is 73.8 cm³/mol. The molecule has 0 aliphatic heterocycles. The summed E-state index contributed by atoms with van der Waals surface area (Å²) < 4.78 is 28.2. The van der Waals surface area contributed by atoms with Crippen molar-refractivity contribution in [1.82, 2.24) is 4.90 Å². The molecule has 108 valence electrons. The van der Waals surface area contributed by atoms with Gasteiger partial charge in [0.05, 0.1) is 18.2 Å². The van der Waals surface area contributed by atoms with E-state index in [1.807, 2.05) is 11.8 Å². The smallest absolute Gasteiger partial charge is 0.151 e. The Bertz CT molecular complexity index is 330. The van der Waals surface area contributed by atoms with Gasteiger partial charge in [0.2, 0.25) is 0 Å². The van der Waals surface area contributed by atoms with Gasteiger partial charge in [0.25, 0.3) is 0 Å². The van der Waals surface area contributed by atoms with E-state index >= 15 is 0 Å². The highest BCUT2D eigenvalue weighted by atomic mass is 32.2. The zero-order chi connectivity index (χ0) is 14.0. The summed E-state index contributed by atoms with van der Waals surface area (Å²) in [6, 6.07) is 0. The molecule has 3 N–H and O–H groups in total. The highest BCUT2D eigenvalue weighted by Gasteiger charge is 2.13. The number of nitrogens with one attached hydrogen (secondary N) is 1. The molecule has 0 aliphatic rings. The molecule has 0 radical (unpaired) electrons. The van der Waals surface area contributed by atoms with E-state index < -0.39 is 9.84 Å². The highest BCUT2D eigenvalue weighted by molar-refractivity contribution is 7.91. The van der Waals surface area contributed by atoms with E-state index in [1.54, 1.807) is 7.11 Å². The normalized spacial score (nSPS) is 11.9. The summed E-state index contributed by atoms with van der Waals surface area (Å²) in [6.45, 7) is 4.13. The third kappa shape index (κ3) is 9.38. The van der Waals surface area contributed by atoms with Crippen molar-refractivity contribution in [2.45, 2.75) is 19.8 Å². The minimum atomic E-state index is -2.96. The largest absolute Gasteiger partial charge is 0.388 e. The van der Waals surface area contributed by atoms with Crippen molar-refractivity contribution in [2.24, 2.45) is 5.73 Å². The molecule has 0 unspecified atom stereocenters. The standard InChI is InChI=1S/C11H25N3O3S/c1-3-9-18(15,16)10-7-14(6-8-17-2)5-4-11(12)13/h3-10H2,1-2H3,(H3,12,13). The van der Waals surface area contributed by atoms with Crippen molar-refractivity contribution in [3.63, 3.8) is 0 Å². The van der Waals surface area contributed by atoms with Crippen LogP contribution in [0.4, 0.5) is 0 Å². The van der Waals surface area contributed by atoms with E-state index in [1.165, 1.54) is 0 Å². The van der Waals surface area contributed by atoms with E-state index in [0.29, 0.717) is 39.1 Å². The first-order valence-electron chi connectivity index (χ1n) is 6.16. The topological polar surface area (TPSA) is 96.5 Å². The lowest BCUT2D eigenvalue weighted by atomic mass is 10.3. The lowest BCUT2D eigenvalue weighted by molar-refractivity contribution is 0.153. The average molecular weight is 279 g/mol. The van der Waals surface area contributed by atoms with Crippen LogP contribution in [0, 0.1) is 5.41 Å². The summed E-state index contributed by atoms with van der Waals surface area (Å²) in [4.78, 5) is 1.97. The van der Waals surface area contributed by atoms with Crippen LogP contribution >= 0.6 is 0 Å². The lowest BCUT2D eigenvalue weighted by Gasteiger charge is -2.21. The molecule has 0 aliphatic carbocycles. The molecule has 0 saturated carbocycles. The molecule has 0 fully saturated rings. The first-order valence-corrected chi connectivity index (χ1v) is 7.98. The van der Waals surface area contributed by atoms with Crippen molar-refractivity contribution >= 4 is 15.7 Å². The minimum Gasteiger partial charge on any atom is -0.388 e. The lowest BCUT2D eigenvalue weighted by Crippen LogP contribution is -2.35. The summed E-state index contributed by atoms with van der Waals surface area (Å²) in [5.74, 6) is 0.508. The van der Waals surface area contributed by atoms with Gasteiger partial charge in [-0.1, -0.05) is 6.92 Å². The second kappa shape index (κ2) is 9.29. The monoisotopic (exact) mass is 279 g/mol. The minimum absolute atomic E-state index is 0.119. The van der Waals surface area contributed by atoms with Gasteiger partial charge in [0.1, 0.15) is 0 Å². The number of rotatable bonds is 11. The van der Waals surface area contributed by atoms with Crippen LogP contribution in [0.15, 0.2) is 0 Å². The van der Waals surface area contributed by atoms with E-state index in [4.69, 9.17) is 15.9 Å². The first kappa shape index (κ1) is 17.3. The second-order valence-corrected chi connectivity index (χ2v) is 6.57. The molecule has 0 amide bonds. The molecule has 7 heteroatoms. The van der Waals surface area contributed by atoms with Gasteiger partial charge < -0.3 is 10.5 Å². The van der Waals surface area contributed by atoms with Crippen molar-refractivity contribution in [3.05, 3.63) is 0 Å². The Kier molecular flexibility index (Phi) is 8.95. The number of nitrogens with two attached hydrogens (primary N) is 1. The van der Waals surface area contributed by atoms with Gasteiger partial charge >= 0.3 is 0 Å². The van der Waals surface area contributed by atoms with Gasteiger partial charge in [-0.25, -0.2) is 8.42 Å². The van der Waals surface area contributed by atoms with Crippen LogP contribution in [0.25, 0.3) is 0 Å². The summed E-state index contributed by atoms with van der Waals surface area (Å²) in [7, 11) is -1.35. The maximum absolute atomic E-state index is 11.6. The van der Waals surface area contributed by atoms with Gasteiger partial charge in [-0.3, -0.25) is 10.3 Å². The van der Waals surface area contributed by atoms with Crippen LogP contribution < -0.4 is 5.73 Å². The van der Waals surface area contributed by atoms with Gasteiger partial charge in [-0.15, -0.1) is 0 Å². The van der Waals surface area contributed by atoms with Crippen LogP contribution in [-0.2, 0) is 14.6 Å². The summed E-state index contributed by atoms with van der Waals surface area (Å²) >= 11 is 0. The number of hydrogen-bond donors (Lipinski definition) is 2. The molecular weight excluding hydrogens is 254 g/mol. The molecule has 0 aromatic carbocycles. The second-order valence-electron chi connectivity index (χ2n) is 4.26. The Morgan fingerprint density at radius 1 is 1.28 bits per heavy atom. The van der Waals surface area contributed by atoms with Crippen LogP contribution in [0.3, 0.4) is 0 Å². The molecule has 6 nitrogen and oxygen atoms in total. The molecule has 0 atom stereocenters. The average Bonchev–Trinajstić information content (AvgIpc) is 2.27. The Balaban J connectivity index is 4.18. The van der Waals surface area contributed by atoms with E-state index in [9.17, 15) is 8.42 Å². The number of methoxy groups -OCH3 is 1. The fraction of sp³-hybridized carbons (Fsp3) is 0.909. The fourth-order valence-electron chi connectivity index (χ4n) is 1.52. The highest BCUT2D eigenvalue weighted by Crippen LogP contribution is 1.98. The first-order chi connectivity index (χ1) is 8.41. The van der Waals surface area contributed by atoms with E-state index in [-0.39, 0.29) is 17.3 Å². The van der Waals surface area contributed by atoms with E-state index in [2.05, 4.69) is 0 Å². The van der Waals surface area contributed by atoms with Crippen LogP contribution in [0.1, 0.15) is 19.8 Å². The molecule has 18 heavy (non-hydrogen) atoms. The number of sulfone groups is 1. The molecule has 0 heterocycles. The molecule has 0 aromatic heterocycles. The molecule has 0 bridgehead atoms. The molecule has 0 saturated heterocycles. The number of hydrogen-bond acceptors (Lipinski definition) is 5. The van der Waals surface area contributed by atoms with Crippen molar-refractivity contribution in [2.75, 3.05) is 44.9 Å². The van der Waals surface area contributed by atoms with Crippen molar-refractivity contribution in [3.8, 4) is 0 Å². The van der Waals surface area contributed by atoms with Gasteiger partial charge in [-0.2, -0.15) is 0 Å². The van der Waals surface area contributed by atoms with Gasteiger partial charge in [0.15, 0.2) is 9.84 Å². The number of ether oxygens (including phenoxy) is 1. The third-order valence-electron chi connectivity index (χ3n) is 2.54. The Morgan fingerprint density at radius 2 is 1.94 bits per heavy atom. The Morgan fingerprint density at radius 3 is 2.44 bits per heavy atom. The zero-order valence-corrected chi connectivity index (χ0v) is 12.1.